The van der Waals surface area contributed by atoms with Crippen LogP contribution in [-0.4, -0.2) is 64.2 Å². The Balaban J connectivity index is 1.33. The Morgan fingerprint density at radius 2 is 1.87 bits per heavy atom. The van der Waals surface area contributed by atoms with Gasteiger partial charge in [-0.3, -0.25) is 4.90 Å². The fourth-order valence-electron chi connectivity index (χ4n) is 4.15. The van der Waals surface area contributed by atoms with Crippen LogP contribution >= 0.6 is 11.6 Å². The van der Waals surface area contributed by atoms with Gasteiger partial charge in [0.2, 0.25) is 0 Å². The fourth-order valence-corrected chi connectivity index (χ4v) is 4.28. The summed E-state index contributed by atoms with van der Waals surface area (Å²) in [5.41, 5.74) is -0.281. The summed E-state index contributed by atoms with van der Waals surface area (Å²) in [6, 6.07) is 13.6. The molecule has 2 N–H and O–H groups in total. The van der Waals surface area contributed by atoms with Gasteiger partial charge in [0.25, 0.3) is 0 Å². The number of rotatable bonds is 5. The first kappa shape index (κ1) is 27.9. The van der Waals surface area contributed by atoms with E-state index in [2.05, 4.69) is 16.8 Å². The minimum Gasteiger partial charge on any atom is -0.492 e. The van der Waals surface area contributed by atoms with Crippen LogP contribution in [0.1, 0.15) is 23.2 Å². The molecule has 200 valence electrons. The molecule has 0 spiro atoms. The lowest BCUT2D eigenvalue weighted by atomic mass is 9.88. The van der Waals surface area contributed by atoms with Crippen molar-refractivity contribution >= 4 is 11.6 Å². The molecule has 4 rings (SSSR count). The van der Waals surface area contributed by atoms with E-state index in [0.717, 1.165) is 11.1 Å². The summed E-state index contributed by atoms with van der Waals surface area (Å²) < 4.78 is 59.4. The Bertz CT molecular complexity index is 1350. The Morgan fingerprint density at radius 3 is 2.50 bits per heavy atom. The predicted molar refractivity (Wildman–Crippen MR) is 135 cm³/mol. The lowest BCUT2D eigenvalue weighted by molar-refractivity contribution is -0.302. The molecule has 1 aromatic heterocycles. The number of hydrogen-bond donors (Lipinski definition) is 2. The number of aliphatic hydroxyl groups excluding tert-OH is 1. The Hall–Kier alpha value is -3.16. The minimum absolute atomic E-state index is 0.0156. The maximum absolute atomic E-state index is 14.6. The quantitative estimate of drug-likeness (QED) is 0.347. The maximum Gasteiger partial charge on any atom is 0.419 e. The average Bonchev–Trinajstić information content (AvgIpc) is 2.86. The summed E-state index contributed by atoms with van der Waals surface area (Å²) in [4.78, 5) is 5.75. The number of aromatic nitrogens is 1. The number of β-amino-alcohol motifs (C(OH)–C–C–N with tert-alkyl or cyclic N) is 1. The molecular weight excluding hydrogens is 524 g/mol. The third kappa shape index (κ3) is 6.27. The molecule has 2 heterocycles. The molecule has 1 fully saturated rings. The van der Waals surface area contributed by atoms with Gasteiger partial charge in [-0.2, -0.15) is 13.2 Å². The van der Waals surface area contributed by atoms with E-state index in [1.807, 2.05) is 6.92 Å². The second-order valence-corrected chi connectivity index (χ2v) is 9.56. The molecule has 1 saturated heterocycles. The summed E-state index contributed by atoms with van der Waals surface area (Å²) >= 11 is 5.89. The molecule has 0 bridgehead atoms. The molecule has 10 heteroatoms. The highest BCUT2D eigenvalue weighted by Crippen LogP contribution is 2.38. The van der Waals surface area contributed by atoms with Gasteiger partial charge in [0, 0.05) is 48.4 Å². The monoisotopic (exact) mass is 548 g/mol. The SMILES string of the molecule is Cc1cc(C#Cc2ncc(-c3ccc(Cl)cc3)cc2F)ccc1OCCN1CC[C@@](O)(C(F)(F)F)[C@H](O)C1. The van der Waals surface area contributed by atoms with Crippen LogP contribution < -0.4 is 4.74 Å². The molecule has 1 aliphatic rings. The second kappa shape index (κ2) is 11.3. The van der Waals surface area contributed by atoms with E-state index in [-0.39, 0.29) is 31.9 Å². The maximum atomic E-state index is 14.6. The highest BCUT2D eigenvalue weighted by Gasteiger charge is 2.59. The third-order valence-electron chi connectivity index (χ3n) is 6.47. The van der Waals surface area contributed by atoms with Gasteiger partial charge in [-0.1, -0.05) is 29.7 Å². The van der Waals surface area contributed by atoms with Crippen LogP contribution in [0.3, 0.4) is 0 Å². The van der Waals surface area contributed by atoms with Crippen molar-refractivity contribution in [2.24, 2.45) is 0 Å². The van der Waals surface area contributed by atoms with Crippen molar-refractivity contribution in [1.82, 2.24) is 9.88 Å². The molecule has 0 radical (unpaired) electrons. The molecule has 38 heavy (non-hydrogen) atoms. The van der Waals surface area contributed by atoms with E-state index < -0.39 is 30.1 Å². The van der Waals surface area contributed by atoms with Crippen LogP contribution in [0.4, 0.5) is 17.6 Å². The van der Waals surface area contributed by atoms with Crippen molar-refractivity contribution in [3.8, 4) is 28.7 Å². The van der Waals surface area contributed by atoms with E-state index >= 15 is 0 Å². The molecule has 2 aromatic carbocycles. The van der Waals surface area contributed by atoms with E-state index in [9.17, 15) is 27.8 Å². The number of halogens is 5. The number of benzene rings is 2. The molecule has 3 aromatic rings. The number of alkyl halides is 3. The first-order valence-electron chi connectivity index (χ1n) is 11.8. The van der Waals surface area contributed by atoms with Crippen molar-refractivity contribution in [2.45, 2.75) is 31.2 Å². The van der Waals surface area contributed by atoms with Crippen LogP contribution in [0.5, 0.6) is 5.75 Å². The highest BCUT2D eigenvalue weighted by atomic mass is 35.5. The standard InChI is InChI=1S/C28H25ClF4N2O3/c1-18-14-19(2-8-24-23(30)15-21(16-34-24)20-4-6-22(29)7-5-20)3-9-25(18)38-13-12-35-11-10-27(37,26(36)17-35)28(31,32)33/h3-7,9,14-16,26,36-37H,10-13,17H2,1H3/t26-,27+/m1/s1. The molecule has 2 atom stereocenters. The number of nitrogens with zero attached hydrogens (tertiary/aromatic N) is 2. The summed E-state index contributed by atoms with van der Waals surface area (Å²) in [5, 5.41) is 20.2. The van der Waals surface area contributed by atoms with Crippen molar-refractivity contribution in [2.75, 3.05) is 26.2 Å². The average molecular weight is 549 g/mol. The molecular formula is C28H25ClF4N2O3. The summed E-state index contributed by atoms with van der Waals surface area (Å²) in [7, 11) is 0. The van der Waals surface area contributed by atoms with Gasteiger partial charge in [-0.25, -0.2) is 9.37 Å². The molecule has 1 aliphatic heterocycles. The smallest absolute Gasteiger partial charge is 0.419 e. The van der Waals surface area contributed by atoms with Crippen LogP contribution in [-0.2, 0) is 0 Å². The number of aryl methyl sites for hydroxylation is 1. The zero-order chi connectivity index (χ0) is 27.5. The Labute approximate surface area is 222 Å². The predicted octanol–water partition coefficient (Wildman–Crippen LogP) is 4.99. The van der Waals surface area contributed by atoms with Gasteiger partial charge < -0.3 is 14.9 Å². The molecule has 0 aliphatic carbocycles. The van der Waals surface area contributed by atoms with Crippen molar-refractivity contribution in [3.05, 3.63) is 82.4 Å². The summed E-state index contributed by atoms with van der Waals surface area (Å²) in [5.74, 6) is 5.66. The summed E-state index contributed by atoms with van der Waals surface area (Å²) in [6.07, 6.45) is -5.88. The van der Waals surface area contributed by atoms with Crippen LogP contribution in [0, 0.1) is 24.6 Å². The molecule has 0 saturated carbocycles. The first-order chi connectivity index (χ1) is 18.0. The molecule has 5 nitrogen and oxygen atoms in total. The van der Waals surface area contributed by atoms with Gasteiger partial charge in [0.05, 0.1) is 0 Å². The van der Waals surface area contributed by atoms with Crippen molar-refractivity contribution in [3.63, 3.8) is 0 Å². The lowest BCUT2D eigenvalue weighted by Gasteiger charge is -2.42. The second-order valence-electron chi connectivity index (χ2n) is 9.13. The largest absolute Gasteiger partial charge is 0.492 e. The topological polar surface area (TPSA) is 65.8 Å². The fraction of sp³-hybridized carbons (Fsp3) is 0.321. The minimum atomic E-state index is -4.89. The third-order valence-corrected chi connectivity index (χ3v) is 6.72. The van der Waals surface area contributed by atoms with Gasteiger partial charge in [-0.05, 0) is 60.4 Å². The van der Waals surface area contributed by atoms with E-state index in [0.29, 0.717) is 21.9 Å². The molecule has 0 amide bonds. The normalized spacial score (nSPS) is 20.1. The van der Waals surface area contributed by atoms with Gasteiger partial charge in [0.15, 0.2) is 11.4 Å². The van der Waals surface area contributed by atoms with Gasteiger partial charge in [-0.15, -0.1) is 0 Å². The van der Waals surface area contributed by atoms with Crippen molar-refractivity contribution in [1.29, 1.82) is 0 Å². The molecule has 0 unspecified atom stereocenters. The number of piperidine rings is 1. The van der Waals surface area contributed by atoms with E-state index in [4.69, 9.17) is 16.3 Å². The van der Waals surface area contributed by atoms with E-state index in [1.165, 1.54) is 6.07 Å². The number of ether oxygens (including phenoxy) is 1. The summed E-state index contributed by atoms with van der Waals surface area (Å²) in [6.45, 7) is 1.95. The van der Waals surface area contributed by atoms with Crippen LogP contribution in [0.25, 0.3) is 11.1 Å². The number of aliphatic hydroxyl groups is 2. The van der Waals surface area contributed by atoms with Crippen LogP contribution in [0.15, 0.2) is 54.7 Å². The zero-order valence-corrected chi connectivity index (χ0v) is 21.2. The number of likely N-dealkylation sites (tertiary alicyclic amines) is 1. The van der Waals surface area contributed by atoms with Gasteiger partial charge in [0.1, 0.15) is 24.2 Å². The van der Waals surface area contributed by atoms with Crippen molar-refractivity contribution < 1.29 is 32.5 Å². The zero-order valence-electron chi connectivity index (χ0n) is 20.4. The Kier molecular flexibility index (Phi) is 8.28. The number of pyridine rings is 1. The van der Waals surface area contributed by atoms with Gasteiger partial charge >= 0.3 is 6.18 Å². The lowest BCUT2D eigenvalue weighted by Crippen LogP contribution is -2.63. The van der Waals surface area contributed by atoms with Crippen LogP contribution in [0.2, 0.25) is 5.02 Å². The van der Waals surface area contributed by atoms with E-state index in [1.54, 1.807) is 53.6 Å². The highest BCUT2D eigenvalue weighted by molar-refractivity contribution is 6.30. The number of hydrogen-bond acceptors (Lipinski definition) is 5. The Morgan fingerprint density at radius 1 is 1.13 bits per heavy atom. The first-order valence-corrected chi connectivity index (χ1v) is 12.2.